The zero-order valence-corrected chi connectivity index (χ0v) is 16.9. The number of alkyl halides is 2. The van der Waals surface area contributed by atoms with Crippen LogP contribution in [0.15, 0.2) is 32.6 Å². The molecule has 2 aromatic heterocycles. The van der Waals surface area contributed by atoms with Gasteiger partial charge in [-0.05, 0) is 26.0 Å². The van der Waals surface area contributed by atoms with Gasteiger partial charge in [-0.2, -0.15) is 9.78 Å². The summed E-state index contributed by atoms with van der Waals surface area (Å²) in [5.74, 6) is -0.293. The van der Waals surface area contributed by atoms with E-state index < -0.39 is 34.8 Å². The number of hydrogen-bond donors (Lipinski definition) is 2. The summed E-state index contributed by atoms with van der Waals surface area (Å²) in [4.78, 5) is 37.1. The van der Waals surface area contributed by atoms with Crippen molar-refractivity contribution in [2.45, 2.75) is 26.2 Å². The molecule has 1 aromatic carbocycles. The van der Waals surface area contributed by atoms with Crippen LogP contribution >= 0.6 is 23.2 Å². The van der Waals surface area contributed by atoms with E-state index in [2.05, 4.69) is 15.3 Å². The first-order valence-electron chi connectivity index (χ1n) is 8.26. The van der Waals surface area contributed by atoms with Crippen molar-refractivity contribution in [3.8, 4) is 17.3 Å². The Morgan fingerprint density at radius 2 is 1.77 bits per heavy atom. The zero-order valence-electron chi connectivity index (χ0n) is 15.4. The first-order chi connectivity index (χ1) is 14.0. The Hall–Kier alpha value is -3.05. The molecule has 0 saturated carbocycles. The predicted octanol–water partition coefficient (Wildman–Crippen LogP) is 2.78. The van der Waals surface area contributed by atoms with Crippen molar-refractivity contribution in [3.05, 3.63) is 70.7 Å². The molecule has 3 aromatic rings. The van der Waals surface area contributed by atoms with Gasteiger partial charge in [0.25, 0.3) is 11.1 Å². The monoisotopic (exact) mass is 459 g/mol. The van der Waals surface area contributed by atoms with Gasteiger partial charge in [0.15, 0.2) is 11.4 Å². The Labute approximate surface area is 176 Å². The van der Waals surface area contributed by atoms with Crippen LogP contribution in [0.2, 0.25) is 10.0 Å². The number of H-pyrrole nitrogens is 2. The van der Waals surface area contributed by atoms with Gasteiger partial charge in [0.2, 0.25) is 5.88 Å². The van der Waals surface area contributed by atoms with Crippen molar-refractivity contribution >= 4 is 23.2 Å². The second kappa shape index (κ2) is 8.00. The van der Waals surface area contributed by atoms with E-state index in [1.54, 1.807) is 0 Å². The van der Waals surface area contributed by atoms with Gasteiger partial charge >= 0.3 is 5.69 Å². The standard InChI is InChI=1S/C17H13Cl2F2N5O4/c1-17(2,21)8-5-12(23-24-14(8)27)30-13-9(18)3-7(4-10(13)19)26-16(29)22-15(28)11(6-20)25-26/h3-5H,6H2,1-2H3,(H,24,27)(H,22,28,29). The number of benzene rings is 1. The minimum Gasteiger partial charge on any atom is -0.434 e. The highest BCUT2D eigenvalue weighted by Crippen LogP contribution is 2.38. The van der Waals surface area contributed by atoms with Crippen LogP contribution < -0.4 is 21.5 Å². The van der Waals surface area contributed by atoms with Crippen molar-refractivity contribution in [2.24, 2.45) is 0 Å². The number of rotatable bonds is 5. The Bertz CT molecular complexity index is 1270. The molecule has 0 aliphatic rings. The van der Waals surface area contributed by atoms with Crippen molar-refractivity contribution in [3.63, 3.8) is 0 Å². The van der Waals surface area contributed by atoms with E-state index in [1.165, 1.54) is 26.0 Å². The summed E-state index contributed by atoms with van der Waals surface area (Å²) in [6, 6.07) is 3.55. The fraction of sp³-hybridized carbons (Fsp3) is 0.235. The van der Waals surface area contributed by atoms with Crippen LogP contribution in [0.25, 0.3) is 5.69 Å². The molecule has 13 heteroatoms. The van der Waals surface area contributed by atoms with E-state index in [0.29, 0.717) is 4.68 Å². The Morgan fingerprint density at radius 1 is 1.13 bits per heavy atom. The molecule has 0 aliphatic heterocycles. The van der Waals surface area contributed by atoms with Crippen LogP contribution in [0.3, 0.4) is 0 Å². The van der Waals surface area contributed by atoms with Crippen LogP contribution in [0.4, 0.5) is 8.78 Å². The number of aromatic nitrogens is 5. The molecule has 0 saturated heterocycles. The molecule has 158 valence electrons. The quantitative estimate of drug-likeness (QED) is 0.604. The van der Waals surface area contributed by atoms with Crippen molar-refractivity contribution in [1.29, 1.82) is 0 Å². The molecule has 0 amide bonds. The largest absolute Gasteiger partial charge is 0.434 e. The number of aromatic amines is 2. The summed E-state index contributed by atoms with van der Waals surface area (Å²) in [6.45, 7) is 1.19. The lowest BCUT2D eigenvalue weighted by Crippen LogP contribution is -2.33. The molecule has 0 bridgehead atoms. The van der Waals surface area contributed by atoms with Gasteiger partial charge in [0, 0.05) is 6.07 Å². The van der Waals surface area contributed by atoms with E-state index in [1.807, 2.05) is 4.98 Å². The maximum absolute atomic E-state index is 14.2. The van der Waals surface area contributed by atoms with Gasteiger partial charge in [-0.3, -0.25) is 14.6 Å². The van der Waals surface area contributed by atoms with Crippen molar-refractivity contribution in [2.75, 3.05) is 0 Å². The van der Waals surface area contributed by atoms with Crippen LogP contribution in [0.5, 0.6) is 11.6 Å². The van der Waals surface area contributed by atoms with E-state index in [-0.39, 0.29) is 32.9 Å². The molecule has 0 fully saturated rings. The normalized spacial score (nSPS) is 11.5. The number of hydrogen-bond acceptors (Lipinski definition) is 6. The van der Waals surface area contributed by atoms with E-state index >= 15 is 0 Å². The molecule has 2 heterocycles. The lowest BCUT2D eigenvalue weighted by Gasteiger charge is -2.15. The summed E-state index contributed by atoms with van der Waals surface area (Å²) in [7, 11) is 0. The van der Waals surface area contributed by atoms with Gasteiger partial charge in [-0.15, -0.1) is 5.10 Å². The first-order valence-corrected chi connectivity index (χ1v) is 9.01. The van der Waals surface area contributed by atoms with Gasteiger partial charge in [0.1, 0.15) is 12.3 Å². The average Bonchev–Trinajstić information content (AvgIpc) is 2.65. The highest BCUT2D eigenvalue weighted by atomic mass is 35.5. The minimum absolute atomic E-state index is 0.0216. The van der Waals surface area contributed by atoms with Crippen LogP contribution in [0, 0.1) is 0 Å². The Kier molecular flexibility index (Phi) is 5.77. The highest BCUT2D eigenvalue weighted by Gasteiger charge is 2.24. The number of nitrogens with zero attached hydrogens (tertiary/aromatic N) is 3. The fourth-order valence-electron chi connectivity index (χ4n) is 2.45. The molecule has 2 N–H and O–H groups in total. The topological polar surface area (TPSA) is 123 Å². The molecule has 0 spiro atoms. The van der Waals surface area contributed by atoms with Gasteiger partial charge in [0.05, 0.1) is 21.3 Å². The van der Waals surface area contributed by atoms with Gasteiger partial charge in [-0.25, -0.2) is 18.7 Å². The second-order valence-corrected chi connectivity index (χ2v) is 7.33. The molecule has 30 heavy (non-hydrogen) atoms. The van der Waals surface area contributed by atoms with Crippen LogP contribution in [0.1, 0.15) is 25.1 Å². The van der Waals surface area contributed by atoms with Crippen molar-refractivity contribution < 1.29 is 13.5 Å². The average molecular weight is 460 g/mol. The third kappa shape index (κ3) is 4.26. The maximum atomic E-state index is 14.2. The molecule has 9 nitrogen and oxygen atoms in total. The smallest absolute Gasteiger partial charge is 0.349 e. The first kappa shape index (κ1) is 21.7. The van der Waals surface area contributed by atoms with Gasteiger partial charge < -0.3 is 4.74 Å². The molecule has 0 unspecified atom stereocenters. The molecule has 0 atom stereocenters. The van der Waals surface area contributed by atoms with Crippen LogP contribution in [-0.2, 0) is 12.3 Å². The number of nitrogens with one attached hydrogen (secondary N) is 2. The molecule has 0 radical (unpaired) electrons. The van der Waals surface area contributed by atoms with E-state index in [9.17, 15) is 23.2 Å². The summed E-state index contributed by atoms with van der Waals surface area (Å²) in [5.41, 5.74) is -5.29. The van der Waals surface area contributed by atoms with E-state index in [4.69, 9.17) is 27.9 Å². The molecule has 0 aliphatic carbocycles. The maximum Gasteiger partial charge on any atom is 0.349 e. The molecular formula is C17H13Cl2F2N5O4. The summed E-state index contributed by atoms with van der Waals surface area (Å²) < 4.78 is 33.3. The molecule has 3 rings (SSSR count). The fourth-order valence-corrected chi connectivity index (χ4v) is 3.00. The SMILES string of the molecule is CC(C)(F)c1cc(Oc2c(Cl)cc(-n3nc(CF)c(=O)[nH]c3=O)cc2Cl)n[nH]c1=O. The highest BCUT2D eigenvalue weighted by molar-refractivity contribution is 6.37. The number of halogens is 4. The second-order valence-electron chi connectivity index (χ2n) is 6.51. The lowest BCUT2D eigenvalue weighted by atomic mass is 10.0. The van der Waals surface area contributed by atoms with Crippen molar-refractivity contribution in [1.82, 2.24) is 25.0 Å². The van der Waals surface area contributed by atoms with Gasteiger partial charge in [-0.1, -0.05) is 23.2 Å². The number of ether oxygens (including phenoxy) is 1. The third-order valence-electron chi connectivity index (χ3n) is 3.88. The summed E-state index contributed by atoms with van der Waals surface area (Å²) in [6.07, 6.45) is 0. The molecular weight excluding hydrogens is 447 g/mol. The van der Waals surface area contributed by atoms with E-state index in [0.717, 1.165) is 6.07 Å². The predicted molar refractivity (Wildman–Crippen MR) is 104 cm³/mol. The minimum atomic E-state index is -1.96. The lowest BCUT2D eigenvalue weighted by molar-refractivity contribution is 0.217. The zero-order chi connectivity index (χ0) is 22.2. The van der Waals surface area contributed by atoms with Crippen LogP contribution in [-0.4, -0.2) is 25.0 Å². The summed E-state index contributed by atoms with van der Waals surface area (Å²) in [5, 5.41) is 9.21. The third-order valence-corrected chi connectivity index (χ3v) is 4.44. The Balaban J connectivity index is 2.04. The summed E-state index contributed by atoms with van der Waals surface area (Å²) >= 11 is 12.4. The Morgan fingerprint density at radius 3 is 2.33 bits per heavy atom.